The van der Waals surface area contributed by atoms with Crippen LogP contribution in [-0.4, -0.2) is 29.6 Å². The van der Waals surface area contributed by atoms with Gasteiger partial charge in [-0.2, -0.15) is 0 Å². The molecule has 2 atom stereocenters. The molecule has 0 radical (unpaired) electrons. The predicted octanol–water partition coefficient (Wildman–Crippen LogP) is 1.80. The van der Waals surface area contributed by atoms with Crippen molar-refractivity contribution >= 4 is 11.8 Å². The standard InChI is InChI=1S/C16H21F3N2O3/c1-8(20-15(24)16(2,3)4)14(23)21-12(7-22)9-5-10(17)13(19)11(18)6-9/h5-6,8,12,22H,7H2,1-4H3,(H,20,24)(H,21,23). The number of carbonyl (C=O) groups is 2. The fraction of sp³-hybridized carbons (Fsp3) is 0.500. The molecular weight excluding hydrogens is 325 g/mol. The lowest BCUT2D eigenvalue weighted by Gasteiger charge is -2.23. The minimum atomic E-state index is -1.63. The topological polar surface area (TPSA) is 78.4 Å². The van der Waals surface area contributed by atoms with Crippen molar-refractivity contribution < 1.29 is 27.9 Å². The molecule has 0 aliphatic rings. The Morgan fingerprint density at radius 1 is 1.12 bits per heavy atom. The molecule has 1 rings (SSSR count). The van der Waals surface area contributed by atoms with Gasteiger partial charge in [0, 0.05) is 5.41 Å². The third-order valence-corrected chi connectivity index (χ3v) is 3.33. The first-order valence-corrected chi connectivity index (χ1v) is 7.34. The van der Waals surface area contributed by atoms with Gasteiger partial charge in [0.15, 0.2) is 17.5 Å². The van der Waals surface area contributed by atoms with Gasteiger partial charge in [-0.05, 0) is 24.6 Å². The van der Waals surface area contributed by atoms with Crippen LogP contribution in [0.5, 0.6) is 0 Å². The van der Waals surface area contributed by atoms with Crippen molar-refractivity contribution in [2.75, 3.05) is 6.61 Å². The normalized spacial score (nSPS) is 14.0. The van der Waals surface area contributed by atoms with E-state index in [0.29, 0.717) is 12.1 Å². The first-order chi connectivity index (χ1) is 11.0. The van der Waals surface area contributed by atoms with E-state index in [1.165, 1.54) is 6.92 Å². The van der Waals surface area contributed by atoms with E-state index in [2.05, 4.69) is 10.6 Å². The summed E-state index contributed by atoms with van der Waals surface area (Å²) in [5, 5.41) is 14.2. The van der Waals surface area contributed by atoms with E-state index in [1.54, 1.807) is 20.8 Å². The predicted molar refractivity (Wildman–Crippen MR) is 81.3 cm³/mol. The number of nitrogens with one attached hydrogen (secondary N) is 2. The van der Waals surface area contributed by atoms with Crippen LogP contribution >= 0.6 is 0 Å². The summed E-state index contributed by atoms with van der Waals surface area (Å²) in [4.78, 5) is 23.9. The van der Waals surface area contributed by atoms with E-state index in [9.17, 15) is 27.9 Å². The quantitative estimate of drug-likeness (QED) is 0.712. The first-order valence-electron chi connectivity index (χ1n) is 7.34. The fourth-order valence-corrected chi connectivity index (χ4v) is 1.79. The van der Waals surface area contributed by atoms with Crippen molar-refractivity contribution in [3.63, 3.8) is 0 Å². The van der Waals surface area contributed by atoms with Gasteiger partial charge in [0.25, 0.3) is 0 Å². The second kappa shape index (κ2) is 7.65. The summed E-state index contributed by atoms with van der Waals surface area (Å²) in [6, 6.07) is -0.687. The van der Waals surface area contributed by atoms with Crippen LogP contribution in [0.4, 0.5) is 13.2 Å². The third kappa shape index (κ3) is 4.95. The number of benzene rings is 1. The van der Waals surface area contributed by atoms with Gasteiger partial charge in [-0.15, -0.1) is 0 Å². The third-order valence-electron chi connectivity index (χ3n) is 3.33. The van der Waals surface area contributed by atoms with Crippen molar-refractivity contribution in [1.29, 1.82) is 0 Å². The number of carbonyl (C=O) groups excluding carboxylic acids is 2. The average molecular weight is 346 g/mol. The maximum Gasteiger partial charge on any atom is 0.242 e. The Morgan fingerprint density at radius 3 is 2.04 bits per heavy atom. The van der Waals surface area contributed by atoms with Crippen LogP contribution in [0.15, 0.2) is 12.1 Å². The lowest BCUT2D eigenvalue weighted by atomic mass is 9.95. The van der Waals surface area contributed by atoms with Crippen molar-refractivity contribution in [2.24, 2.45) is 5.41 Å². The van der Waals surface area contributed by atoms with Crippen LogP contribution in [0.3, 0.4) is 0 Å². The van der Waals surface area contributed by atoms with Crippen molar-refractivity contribution in [2.45, 2.75) is 39.8 Å². The molecule has 8 heteroatoms. The molecule has 0 fully saturated rings. The van der Waals surface area contributed by atoms with E-state index < -0.39 is 47.5 Å². The highest BCUT2D eigenvalue weighted by Crippen LogP contribution is 2.19. The van der Waals surface area contributed by atoms with Crippen LogP contribution in [0.1, 0.15) is 39.3 Å². The van der Waals surface area contributed by atoms with E-state index in [0.717, 1.165) is 0 Å². The molecule has 0 spiro atoms. The maximum absolute atomic E-state index is 13.3. The summed E-state index contributed by atoms with van der Waals surface area (Å²) in [5.74, 6) is -5.49. The Bertz CT molecular complexity index is 606. The number of hydrogen-bond acceptors (Lipinski definition) is 3. The van der Waals surface area contributed by atoms with Gasteiger partial charge in [0.1, 0.15) is 6.04 Å². The van der Waals surface area contributed by atoms with Gasteiger partial charge in [0.2, 0.25) is 11.8 Å². The lowest BCUT2D eigenvalue weighted by molar-refractivity contribution is -0.133. The smallest absolute Gasteiger partial charge is 0.242 e. The minimum absolute atomic E-state index is 0.128. The molecule has 5 nitrogen and oxygen atoms in total. The van der Waals surface area contributed by atoms with Gasteiger partial charge in [-0.25, -0.2) is 13.2 Å². The number of rotatable bonds is 5. The van der Waals surface area contributed by atoms with Gasteiger partial charge in [0.05, 0.1) is 12.6 Å². The monoisotopic (exact) mass is 346 g/mol. The SMILES string of the molecule is CC(NC(=O)C(C)(C)C)C(=O)NC(CO)c1cc(F)c(F)c(F)c1. The van der Waals surface area contributed by atoms with E-state index in [1.807, 2.05) is 0 Å². The zero-order valence-corrected chi connectivity index (χ0v) is 13.9. The highest BCUT2D eigenvalue weighted by atomic mass is 19.2. The number of hydrogen-bond donors (Lipinski definition) is 3. The summed E-state index contributed by atoms with van der Waals surface area (Å²) < 4.78 is 39.5. The molecular formula is C16H21F3N2O3. The molecule has 0 aliphatic heterocycles. The largest absolute Gasteiger partial charge is 0.394 e. The molecule has 0 heterocycles. The van der Waals surface area contributed by atoms with Gasteiger partial charge < -0.3 is 15.7 Å². The molecule has 0 bridgehead atoms. The summed E-state index contributed by atoms with van der Waals surface area (Å²) in [6.45, 7) is 5.80. The van der Waals surface area contributed by atoms with E-state index in [-0.39, 0.29) is 11.5 Å². The molecule has 24 heavy (non-hydrogen) atoms. The van der Waals surface area contributed by atoms with Gasteiger partial charge in [-0.1, -0.05) is 20.8 Å². The summed E-state index contributed by atoms with van der Waals surface area (Å²) >= 11 is 0. The Labute approximate surface area is 138 Å². The highest BCUT2D eigenvalue weighted by Gasteiger charge is 2.26. The molecule has 1 aromatic rings. The Morgan fingerprint density at radius 2 is 1.62 bits per heavy atom. The summed E-state index contributed by atoms with van der Waals surface area (Å²) in [5.41, 5.74) is -0.828. The van der Waals surface area contributed by atoms with Crippen LogP contribution in [0.2, 0.25) is 0 Å². The van der Waals surface area contributed by atoms with Crippen molar-refractivity contribution in [3.05, 3.63) is 35.1 Å². The Balaban J connectivity index is 2.85. The summed E-state index contributed by atoms with van der Waals surface area (Å²) in [7, 11) is 0. The second-order valence-electron chi connectivity index (χ2n) is 6.49. The molecule has 1 aromatic carbocycles. The average Bonchev–Trinajstić information content (AvgIpc) is 2.48. The summed E-state index contributed by atoms with van der Waals surface area (Å²) in [6.07, 6.45) is 0. The van der Waals surface area contributed by atoms with Crippen LogP contribution in [0.25, 0.3) is 0 Å². The highest BCUT2D eigenvalue weighted by molar-refractivity contribution is 5.89. The van der Waals surface area contributed by atoms with E-state index in [4.69, 9.17) is 0 Å². The molecule has 134 valence electrons. The number of amides is 2. The molecule has 0 saturated heterocycles. The molecule has 2 amide bonds. The lowest BCUT2D eigenvalue weighted by Crippen LogP contribution is -2.49. The fourth-order valence-electron chi connectivity index (χ4n) is 1.79. The molecule has 3 N–H and O–H groups in total. The molecule has 0 saturated carbocycles. The molecule has 0 aliphatic carbocycles. The van der Waals surface area contributed by atoms with Crippen LogP contribution < -0.4 is 10.6 Å². The van der Waals surface area contributed by atoms with Gasteiger partial charge in [-0.3, -0.25) is 9.59 Å². The van der Waals surface area contributed by atoms with Crippen LogP contribution in [-0.2, 0) is 9.59 Å². The Hall–Kier alpha value is -2.09. The number of halogens is 3. The zero-order chi connectivity index (χ0) is 18.7. The molecule has 0 aromatic heterocycles. The second-order valence-corrected chi connectivity index (χ2v) is 6.49. The Kier molecular flexibility index (Phi) is 6.36. The van der Waals surface area contributed by atoms with Crippen LogP contribution in [0, 0.1) is 22.9 Å². The number of aliphatic hydroxyl groups is 1. The van der Waals surface area contributed by atoms with E-state index >= 15 is 0 Å². The zero-order valence-electron chi connectivity index (χ0n) is 13.9. The number of aliphatic hydroxyl groups excluding tert-OH is 1. The first kappa shape index (κ1) is 20.0. The maximum atomic E-state index is 13.3. The van der Waals surface area contributed by atoms with Gasteiger partial charge >= 0.3 is 0 Å². The molecule has 2 unspecified atom stereocenters. The van der Waals surface area contributed by atoms with Crippen molar-refractivity contribution in [3.8, 4) is 0 Å². The van der Waals surface area contributed by atoms with Crippen molar-refractivity contribution in [1.82, 2.24) is 10.6 Å². The minimum Gasteiger partial charge on any atom is -0.394 e.